The molecule has 0 aliphatic heterocycles. The maximum absolute atomic E-state index is 6.21. The molecule has 1 unspecified atom stereocenters. The summed E-state index contributed by atoms with van der Waals surface area (Å²) in [4.78, 5) is 5.71. The van der Waals surface area contributed by atoms with Crippen LogP contribution in [0.15, 0.2) is 23.6 Å². The summed E-state index contributed by atoms with van der Waals surface area (Å²) in [6.45, 7) is 5.00. The second-order valence-corrected chi connectivity index (χ2v) is 6.25. The molecule has 2 N–H and O–H groups in total. The lowest BCUT2D eigenvalue weighted by Crippen LogP contribution is -2.09. The predicted molar refractivity (Wildman–Crippen MR) is 89.4 cm³/mol. The zero-order chi connectivity index (χ0) is 14.5. The average Bonchev–Trinajstić information content (AvgIpc) is 2.94. The van der Waals surface area contributed by atoms with Crippen LogP contribution in [0.25, 0.3) is 0 Å². The molecule has 0 aliphatic rings. The molecule has 0 fully saturated rings. The second-order valence-electron chi connectivity index (χ2n) is 4.46. The molecule has 6 heteroatoms. The molecule has 1 atom stereocenters. The molecular formula is C14H17Cl2N3S. The van der Waals surface area contributed by atoms with Crippen molar-refractivity contribution in [3.05, 3.63) is 38.5 Å². The third kappa shape index (κ3) is 3.78. The number of thiophene rings is 1. The lowest BCUT2D eigenvalue weighted by atomic mass is 10.2. The van der Waals surface area contributed by atoms with Gasteiger partial charge in [0.1, 0.15) is 11.6 Å². The van der Waals surface area contributed by atoms with Crippen LogP contribution in [-0.4, -0.2) is 11.5 Å². The Morgan fingerprint density at radius 1 is 1.30 bits per heavy atom. The van der Waals surface area contributed by atoms with E-state index in [1.54, 1.807) is 17.4 Å². The zero-order valence-electron chi connectivity index (χ0n) is 11.4. The highest BCUT2D eigenvalue weighted by molar-refractivity contribution is 7.10. The van der Waals surface area contributed by atoms with Crippen molar-refractivity contribution >= 4 is 46.2 Å². The van der Waals surface area contributed by atoms with Crippen LogP contribution in [0, 0.1) is 0 Å². The number of aromatic nitrogens is 1. The molecule has 3 nitrogen and oxygen atoms in total. The van der Waals surface area contributed by atoms with Crippen molar-refractivity contribution in [1.82, 2.24) is 4.98 Å². The first-order valence-corrected chi connectivity index (χ1v) is 8.15. The van der Waals surface area contributed by atoms with E-state index in [0.717, 1.165) is 13.0 Å². The number of rotatable bonds is 6. The van der Waals surface area contributed by atoms with Gasteiger partial charge in [0.25, 0.3) is 0 Å². The van der Waals surface area contributed by atoms with Crippen molar-refractivity contribution in [3.63, 3.8) is 0 Å². The van der Waals surface area contributed by atoms with Crippen LogP contribution in [0.4, 0.5) is 11.6 Å². The number of nitrogens with one attached hydrogen (secondary N) is 2. The van der Waals surface area contributed by atoms with Crippen molar-refractivity contribution in [1.29, 1.82) is 0 Å². The number of pyridine rings is 1. The van der Waals surface area contributed by atoms with Crippen LogP contribution >= 0.6 is 34.5 Å². The molecule has 0 radical (unpaired) electrons. The molecule has 0 aromatic carbocycles. The Bertz CT molecular complexity index is 558. The van der Waals surface area contributed by atoms with Crippen molar-refractivity contribution in [2.75, 3.05) is 17.2 Å². The summed E-state index contributed by atoms with van der Waals surface area (Å²) in [6.07, 6.45) is 1.01. The molecule has 20 heavy (non-hydrogen) atoms. The Hall–Kier alpha value is -0.970. The fraction of sp³-hybridized carbons (Fsp3) is 0.357. The summed E-state index contributed by atoms with van der Waals surface area (Å²) in [6, 6.07) is 5.99. The minimum absolute atomic E-state index is 0.153. The topological polar surface area (TPSA) is 37.0 Å². The Morgan fingerprint density at radius 3 is 2.70 bits per heavy atom. The number of anilines is 2. The highest BCUT2D eigenvalue weighted by atomic mass is 35.5. The molecule has 2 rings (SSSR count). The maximum Gasteiger partial charge on any atom is 0.147 e. The third-order valence-electron chi connectivity index (χ3n) is 2.80. The normalized spacial score (nSPS) is 12.2. The van der Waals surface area contributed by atoms with E-state index < -0.39 is 0 Å². The first-order chi connectivity index (χ1) is 9.61. The van der Waals surface area contributed by atoms with Crippen molar-refractivity contribution < 1.29 is 0 Å². The summed E-state index contributed by atoms with van der Waals surface area (Å²) >= 11 is 14.0. The molecule has 0 spiro atoms. The van der Waals surface area contributed by atoms with Crippen LogP contribution in [0.2, 0.25) is 10.0 Å². The third-order valence-corrected chi connectivity index (χ3v) is 4.43. The summed E-state index contributed by atoms with van der Waals surface area (Å²) in [5.74, 6) is 1.31. The fourth-order valence-corrected chi connectivity index (χ4v) is 2.96. The van der Waals surface area contributed by atoms with E-state index in [1.807, 2.05) is 6.07 Å². The van der Waals surface area contributed by atoms with E-state index in [-0.39, 0.29) is 6.04 Å². The number of nitrogens with zero attached hydrogens (tertiary/aromatic N) is 1. The molecule has 0 amide bonds. The molecule has 2 heterocycles. The SMILES string of the molecule is CCCNc1nc(NC(C)c2cccs2)c(Cl)cc1Cl. The summed E-state index contributed by atoms with van der Waals surface area (Å²) in [7, 11) is 0. The molecule has 0 saturated heterocycles. The van der Waals surface area contributed by atoms with Gasteiger partial charge in [0, 0.05) is 11.4 Å². The monoisotopic (exact) mass is 329 g/mol. The largest absolute Gasteiger partial charge is 0.369 e. The van der Waals surface area contributed by atoms with Crippen LogP contribution < -0.4 is 10.6 Å². The summed E-state index contributed by atoms with van der Waals surface area (Å²) < 4.78 is 0. The van der Waals surface area contributed by atoms with Gasteiger partial charge in [0.2, 0.25) is 0 Å². The van der Waals surface area contributed by atoms with Gasteiger partial charge in [0.05, 0.1) is 16.1 Å². The molecule has 108 valence electrons. The van der Waals surface area contributed by atoms with E-state index >= 15 is 0 Å². The van der Waals surface area contributed by atoms with Gasteiger partial charge in [-0.2, -0.15) is 0 Å². The lowest BCUT2D eigenvalue weighted by molar-refractivity contribution is 0.895. The van der Waals surface area contributed by atoms with E-state index in [9.17, 15) is 0 Å². The van der Waals surface area contributed by atoms with E-state index in [2.05, 4.69) is 40.9 Å². The van der Waals surface area contributed by atoms with Crippen LogP contribution in [0.1, 0.15) is 31.2 Å². The van der Waals surface area contributed by atoms with Crippen LogP contribution in [0.3, 0.4) is 0 Å². The van der Waals surface area contributed by atoms with Gasteiger partial charge in [-0.3, -0.25) is 0 Å². The first kappa shape index (κ1) is 15.4. The standard InChI is InChI=1S/C14H17Cl2N3S/c1-3-6-17-13-10(15)8-11(16)14(19-13)18-9(2)12-5-4-7-20-12/h4-5,7-9H,3,6H2,1-2H3,(H2,17,18,19). The smallest absolute Gasteiger partial charge is 0.147 e. The minimum Gasteiger partial charge on any atom is -0.369 e. The summed E-state index contributed by atoms with van der Waals surface area (Å²) in [5.41, 5.74) is 0. The molecule has 0 bridgehead atoms. The Morgan fingerprint density at radius 2 is 2.05 bits per heavy atom. The van der Waals surface area contributed by atoms with E-state index in [4.69, 9.17) is 23.2 Å². The molecule has 2 aromatic rings. The second kappa shape index (κ2) is 7.16. The van der Waals surface area contributed by atoms with E-state index in [1.165, 1.54) is 4.88 Å². The van der Waals surface area contributed by atoms with Gasteiger partial charge in [-0.15, -0.1) is 11.3 Å². The van der Waals surface area contributed by atoms with Gasteiger partial charge >= 0.3 is 0 Å². The number of hydrogen-bond donors (Lipinski definition) is 2. The Balaban J connectivity index is 2.18. The Kier molecular flexibility index (Phi) is 5.52. The van der Waals surface area contributed by atoms with Gasteiger partial charge in [-0.25, -0.2) is 4.98 Å². The zero-order valence-corrected chi connectivity index (χ0v) is 13.7. The highest BCUT2D eigenvalue weighted by Gasteiger charge is 2.13. The van der Waals surface area contributed by atoms with Gasteiger partial charge in [0.15, 0.2) is 0 Å². The van der Waals surface area contributed by atoms with Crippen molar-refractivity contribution in [2.45, 2.75) is 26.3 Å². The van der Waals surface area contributed by atoms with E-state index in [0.29, 0.717) is 21.7 Å². The maximum atomic E-state index is 6.21. The number of halogens is 2. The van der Waals surface area contributed by atoms with Crippen LogP contribution in [0.5, 0.6) is 0 Å². The van der Waals surface area contributed by atoms with Gasteiger partial charge < -0.3 is 10.6 Å². The average molecular weight is 330 g/mol. The van der Waals surface area contributed by atoms with Crippen molar-refractivity contribution in [3.8, 4) is 0 Å². The molecule has 0 aliphatic carbocycles. The summed E-state index contributed by atoms with van der Waals surface area (Å²) in [5, 5.41) is 9.65. The van der Waals surface area contributed by atoms with Crippen LogP contribution in [-0.2, 0) is 0 Å². The molecule has 2 aromatic heterocycles. The lowest BCUT2D eigenvalue weighted by Gasteiger charge is -2.16. The van der Waals surface area contributed by atoms with Gasteiger partial charge in [-0.1, -0.05) is 36.2 Å². The number of hydrogen-bond acceptors (Lipinski definition) is 4. The van der Waals surface area contributed by atoms with Crippen molar-refractivity contribution in [2.24, 2.45) is 0 Å². The van der Waals surface area contributed by atoms with Gasteiger partial charge in [-0.05, 0) is 30.9 Å². The predicted octanol–water partition coefficient (Wildman–Crippen LogP) is 5.44. The molecule has 0 saturated carbocycles. The quantitative estimate of drug-likeness (QED) is 0.740. The first-order valence-electron chi connectivity index (χ1n) is 6.51. The minimum atomic E-state index is 0.153. The molecular weight excluding hydrogens is 313 g/mol. The fourth-order valence-electron chi connectivity index (χ4n) is 1.75. The highest BCUT2D eigenvalue weighted by Crippen LogP contribution is 2.32. The Labute approximate surface area is 133 Å².